The summed E-state index contributed by atoms with van der Waals surface area (Å²) in [5.74, 6) is 0. The Morgan fingerprint density at radius 3 is 2.67 bits per heavy atom. The molecule has 4 nitrogen and oxygen atoms in total. The Balaban J connectivity index is 1.63. The van der Waals surface area contributed by atoms with Crippen LogP contribution in [-0.2, 0) is 0 Å². The summed E-state index contributed by atoms with van der Waals surface area (Å²) >= 11 is 0. The van der Waals surface area contributed by atoms with Crippen molar-refractivity contribution in [2.45, 2.75) is 6.04 Å². The minimum absolute atomic E-state index is 0.00805. The molecule has 0 saturated heterocycles. The first-order chi connectivity index (χ1) is 13.2. The minimum Gasteiger partial charge on any atom is -0.398 e. The van der Waals surface area contributed by atoms with Gasteiger partial charge in [0.15, 0.2) is 0 Å². The van der Waals surface area contributed by atoms with Crippen LogP contribution in [0.1, 0.15) is 17.3 Å². The number of dihydropyridines is 1. The van der Waals surface area contributed by atoms with Crippen molar-refractivity contribution in [1.82, 2.24) is 10.3 Å². The van der Waals surface area contributed by atoms with Crippen molar-refractivity contribution in [2.24, 2.45) is 0 Å². The van der Waals surface area contributed by atoms with Gasteiger partial charge >= 0.3 is 0 Å². The summed E-state index contributed by atoms with van der Waals surface area (Å²) in [4.78, 5) is 4.87. The maximum atomic E-state index is 6.21. The second-order valence-corrected chi connectivity index (χ2v) is 6.45. The van der Waals surface area contributed by atoms with Crippen LogP contribution in [0.2, 0.25) is 0 Å². The van der Waals surface area contributed by atoms with Crippen LogP contribution in [-0.4, -0.2) is 12.0 Å². The Hall–Kier alpha value is -3.53. The van der Waals surface area contributed by atoms with Gasteiger partial charge in [-0.2, -0.15) is 0 Å². The molecule has 134 valence electrons. The second kappa shape index (κ2) is 7.38. The molecule has 1 aromatic heterocycles. The normalized spacial score (nSPS) is 15.7. The number of allylic oxidation sites excluding steroid dienone is 2. The average Bonchev–Trinajstić information content (AvgIpc) is 2.75. The van der Waals surface area contributed by atoms with Gasteiger partial charge in [-0.1, -0.05) is 48.6 Å². The zero-order chi connectivity index (χ0) is 18.6. The lowest BCUT2D eigenvalue weighted by molar-refractivity contribution is 0.738. The standard InChI is InChI=1S/C23H22N4/c1-25-17-13-14-19(24)18(15-17)21-10-6-12-23(27-21)22-11-5-9-20(26-22)16-7-3-2-4-8-16/h2-15,23,25,27H,24H2,1H3. The molecule has 2 aromatic carbocycles. The Kier molecular flexibility index (Phi) is 4.62. The average molecular weight is 354 g/mol. The number of nitrogens with two attached hydrogens (primary N) is 1. The number of hydrogen-bond donors (Lipinski definition) is 3. The second-order valence-electron chi connectivity index (χ2n) is 6.45. The fourth-order valence-electron chi connectivity index (χ4n) is 3.21. The lowest BCUT2D eigenvalue weighted by atomic mass is 10.0. The van der Waals surface area contributed by atoms with Crippen molar-refractivity contribution in [2.75, 3.05) is 18.1 Å². The molecule has 1 aliphatic rings. The zero-order valence-electron chi connectivity index (χ0n) is 15.2. The van der Waals surface area contributed by atoms with Crippen molar-refractivity contribution >= 4 is 17.1 Å². The molecule has 27 heavy (non-hydrogen) atoms. The summed E-state index contributed by atoms with van der Waals surface area (Å²) in [5.41, 5.74) is 13.0. The van der Waals surface area contributed by atoms with E-state index in [1.165, 1.54) is 0 Å². The van der Waals surface area contributed by atoms with Crippen LogP contribution in [0, 0.1) is 0 Å². The topological polar surface area (TPSA) is 63.0 Å². The Morgan fingerprint density at radius 1 is 1.00 bits per heavy atom. The molecule has 0 saturated carbocycles. The highest BCUT2D eigenvalue weighted by atomic mass is 15.0. The van der Waals surface area contributed by atoms with Crippen molar-refractivity contribution in [1.29, 1.82) is 0 Å². The van der Waals surface area contributed by atoms with Crippen molar-refractivity contribution in [3.05, 3.63) is 96.2 Å². The molecule has 0 aliphatic carbocycles. The third-order valence-electron chi connectivity index (χ3n) is 4.67. The lowest BCUT2D eigenvalue weighted by Crippen LogP contribution is -2.22. The molecule has 3 aromatic rings. The Morgan fingerprint density at radius 2 is 1.85 bits per heavy atom. The first kappa shape index (κ1) is 16.9. The summed E-state index contributed by atoms with van der Waals surface area (Å²) in [5, 5.41) is 6.72. The van der Waals surface area contributed by atoms with E-state index >= 15 is 0 Å². The molecule has 4 heteroatoms. The molecule has 0 radical (unpaired) electrons. The first-order valence-electron chi connectivity index (χ1n) is 8.99. The molecule has 1 unspecified atom stereocenters. The van der Waals surface area contributed by atoms with Gasteiger partial charge in [-0.05, 0) is 36.4 Å². The Bertz CT molecular complexity index is 1010. The van der Waals surface area contributed by atoms with Crippen molar-refractivity contribution in [3.63, 3.8) is 0 Å². The van der Waals surface area contributed by atoms with E-state index in [-0.39, 0.29) is 6.04 Å². The van der Waals surface area contributed by atoms with Gasteiger partial charge in [0.25, 0.3) is 0 Å². The number of pyridine rings is 1. The number of nitrogens with zero attached hydrogens (tertiary/aromatic N) is 1. The van der Waals surface area contributed by atoms with Gasteiger partial charge in [-0.15, -0.1) is 0 Å². The van der Waals surface area contributed by atoms with Crippen LogP contribution >= 0.6 is 0 Å². The zero-order valence-corrected chi connectivity index (χ0v) is 15.2. The third-order valence-corrected chi connectivity index (χ3v) is 4.67. The van der Waals surface area contributed by atoms with E-state index in [9.17, 15) is 0 Å². The fraction of sp³-hybridized carbons (Fsp3) is 0.0870. The third kappa shape index (κ3) is 3.55. The molecule has 4 rings (SSSR count). The minimum atomic E-state index is -0.00805. The van der Waals surface area contributed by atoms with Gasteiger partial charge in [-0.3, -0.25) is 4.98 Å². The van der Waals surface area contributed by atoms with E-state index in [1.54, 1.807) is 0 Å². The highest BCUT2D eigenvalue weighted by Gasteiger charge is 2.17. The van der Waals surface area contributed by atoms with Crippen molar-refractivity contribution < 1.29 is 0 Å². The number of nitrogens with one attached hydrogen (secondary N) is 2. The number of anilines is 2. The van der Waals surface area contributed by atoms with Crippen LogP contribution in [0.15, 0.2) is 85.0 Å². The van der Waals surface area contributed by atoms with Crippen molar-refractivity contribution in [3.8, 4) is 11.3 Å². The predicted octanol–water partition coefficient (Wildman–Crippen LogP) is 4.61. The van der Waals surface area contributed by atoms with E-state index in [4.69, 9.17) is 10.7 Å². The van der Waals surface area contributed by atoms with Crippen LogP contribution in [0.25, 0.3) is 17.0 Å². The first-order valence-corrected chi connectivity index (χ1v) is 8.99. The molecule has 0 bridgehead atoms. The molecule has 2 heterocycles. The van der Waals surface area contributed by atoms with Gasteiger partial charge < -0.3 is 16.4 Å². The Labute approximate surface area is 159 Å². The van der Waals surface area contributed by atoms with E-state index in [0.29, 0.717) is 0 Å². The molecular weight excluding hydrogens is 332 g/mol. The van der Waals surface area contributed by atoms with E-state index in [0.717, 1.165) is 39.6 Å². The molecule has 1 atom stereocenters. The van der Waals surface area contributed by atoms with E-state index in [1.807, 2.05) is 61.7 Å². The van der Waals surface area contributed by atoms with Gasteiger partial charge in [0.1, 0.15) is 0 Å². The van der Waals surface area contributed by atoms with Gasteiger partial charge in [-0.25, -0.2) is 0 Å². The predicted molar refractivity (Wildman–Crippen MR) is 113 cm³/mol. The van der Waals surface area contributed by atoms with E-state index in [2.05, 4.69) is 41.0 Å². The molecule has 0 spiro atoms. The monoisotopic (exact) mass is 354 g/mol. The number of aromatic nitrogens is 1. The summed E-state index contributed by atoms with van der Waals surface area (Å²) in [6, 6.07) is 22.3. The summed E-state index contributed by atoms with van der Waals surface area (Å²) in [6.45, 7) is 0. The van der Waals surface area contributed by atoms with Gasteiger partial charge in [0, 0.05) is 35.2 Å². The molecule has 0 fully saturated rings. The van der Waals surface area contributed by atoms with Crippen LogP contribution in [0.4, 0.5) is 11.4 Å². The largest absolute Gasteiger partial charge is 0.398 e. The van der Waals surface area contributed by atoms with Crippen LogP contribution < -0.4 is 16.4 Å². The molecule has 4 N–H and O–H groups in total. The molecular formula is C23H22N4. The highest BCUT2D eigenvalue weighted by molar-refractivity contribution is 5.78. The highest BCUT2D eigenvalue weighted by Crippen LogP contribution is 2.29. The quantitative estimate of drug-likeness (QED) is 0.599. The number of hydrogen-bond acceptors (Lipinski definition) is 4. The summed E-state index contributed by atoms with van der Waals surface area (Å²) in [7, 11) is 1.90. The summed E-state index contributed by atoms with van der Waals surface area (Å²) < 4.78 is 0. The van der Waals surface area contributed by atoms with Crippen LogP contribution in [0.3, 0.4) is 0 Å². The SMILES string of the molecule is CNc1ccc(N)c(C2=CC=CC(c3cccc(-c4ccccc4)n3)N2)c1. The fourth-order valence-corrected chi connectivity index (χ4v) is 3.21. The number of benzene rings is 2. The maximum Gasteiger partial charge on any atom is 0.0873 e. The summed E-state index contributed by atoms with van der Waals surface area (Å²) in [6.07, 6.45) is 6.21. The van der Waals surface area contributed by atoms with E-state index < -0.39 is 0 Å². The lowest BCUT2D eigenvalue weighted by Gasteiger charge is -2.23. The maximum absolute atomic E-state index is 6.21. The van der Waals surface area contributed by atoms with Gasteiger partial charge in [0.2, 0.25) is 0 Å². The number of rotatable bonds is 4. The van der Waals surface area contributed by atoms with Crippen LogP contribution in [0.5, 0.6) is 0 Å². The molecule has 0 amide bonds. The number of nitrogen functional groups attached to an aromatic ring is 1. The molecule has 1 aliphatic heterocycles. The smallest absolute Gasteiger partial charge is 0.0873 e. The van der Waals surface area contributed by atoms with Gasteiger partial charge in [0.05, 0.1) is 17.4 Å².